The lowest BCUT2D eigenvalue weighted by atomic mass is 10.3. The third kappa shape index (κ3) is 2.22. The van der Waals surface area contributed by atoms with Gasteiger partial charge in [0, 0.05) is 13.1 Å². The van der Waals surface area contributed by atoms with Crippen LogP contribution in [0.15, 0.2) is 12.4 Å². The van der Waals surface area contributed by atoms with Crippen molar-refractivity contribution in [3.63, 3.8) is 0 Å². The summed E-state index contributed by atoms with van der Waals surface area (Å²) >= 11 is 0. The van der Waals surface area contributed by atoms with Gasteiger partial charge in [0.15, 0.2) is 29.1 Å². The Morgan fingerprint density at radius 3 is 2.72 bits per heavy atom. The van der Waals surface area contributed by atoms with E-state index in [1.807, 2.05) is 0 Å². The normalized spacial score (nSPS) is 12.4. The number of nitrogens with one attached hydrogen (secondary N) is 1. The summed E-state index contributed by atoms with van der Waals surface area (Å²) < 4.78 is 28.1. The Kier molecular flexibility index (Phi) is 3.09. The van der Waals surface area contributed by atoms with Gasteiger partial charge in [-0.3, -0.25) is 0 Å². The van der Waals surface area contributed by atoms with Crippen LogP contribution in [0.4, 0.5) is 20.4 Å². The molecule has 0 radical (unpaired) electrons. The molecular formula is C10H12F2N6. The number of anilines is 2. The first kappa shape index (κ1) is 12.2. The van der Waals surface area contributed by atoms with Crippen LogP contribution in [0, 0.1) is 11.6 Å². The Labute approximate surface area is 102 Å². The molecule has 0 saturated carbocycles. The smallest absolute Gasteiger partial charge is 0.168 e. The maximum absolute atomic E-state index is 13.5. The molecule has 0 amide bonds. The Balaban J connectivity index is 2.24. The van der Waals surface area contributed by atoms with Gasteiger partial charge in [-0.25, -0.2) is 13.8 Å². The van der Waals surface area contributed by atoms with E-state index >= 15 is 0 Å². The molecule has 0 saturated heterocycles. The number of halogens is 2. The second kappa shape index (κ2) is 4.55. The van der Waals surface area contributed by atoms with Gasteiger partial charge in [0.2, 0.25) is 0 Å². The average molecular weight is 254 g/mol. The number of aromatic nitrogens is 4. The maximum Gasteiger partial charge on any atom is 0.168 e. The molecule has 8 heteroatoms. The van der Waals surface area contributed by atoms with Crippen molar-refractivity contribution in [1.82, 2.24) is 19.7 Å². The summed E-state index contributed by atoms with van der Waals surface area (Å²) in [5.41, 5.74) is 5.29. The minimum Gasteiger partial charge on any atom is -0.381 e. The molecular weight excluding hydrogens is 242 g/mol. The highest BCUT2D eigenvalue weighted by Crippen LogP contribution is 2.21. The highest BCUT2D eigenvalue weighted by Gasteiger charge is 2.16. The summed E-state index contributed by atoms with van der Waals surface area (Å²) in [7, 11) is 1.76. The highest BCUT2D eigenvalue weighted by atomic mass is 19.1. The third-order valence-electron chi connectivity index (χ3n) is 2.44. The van der Waals surface area contributed by atoms with Crippen LogP contribution in [0.3, 0.4) is 0 Å². The van der Waals surface area contributed by atoms with Crippen LogP contribution in [0.1, 0.15) is 18.8 Å². The monoisotopic (exact) mass is 254 g/mol. The first-order valence-corrected chi connectivity index (χ1v) is 5.21. The molecule has 2 rings (SSSR count). The van der Waals surface area contributed by atoms with Crippen molar-refractivity contribution in [3.8, 4) is 0 Å². The summed E-state index contributed by atoms with van der Waals surface area (Å²) in [5, 5.41) is 10.4. The second-order valence-corrected chi connectivity index (χ2v) is 3.85. The summed E-state index contributed by atoms with van der Waals surface area (Å²) in [4.78, 5) is 3.61. The predicted molar refractivity (Wildman–Crippen MR) is 61.6 cm³/mol. The topological polar surface area (TPSA) is 81.7 Å². The number of hydrogen-bond donors (Lipinski definition) is 2. The molecule has 0 spiro atoms. The van der Waals surface area contributed by atoms with Crippen molar-refractivity contribution >= 4 is 11.6 Å². The Bertz CT molecular complexity index is 567. The molecule has 2 aromatic heterocycles. The van der Waals surface area contributed by atoms with Gasteiger partial charge in [-0.05, 0) is 6.92 Å². The number of rotatable bonds is 3. The molecule has 0 aliphatic rings. The van der Waals surface area contributed by atoms with E-state index < -0.39 is 11.6 Å². The summed E-state index contributed by atoms with van der Waals surface area (Å²) in [6.45, 7) is 1.75. The molecule has 1 atom stereocenters. The standard InChI is InChI=1S/C10H12F2N6/c1-5(10-17-14-4-18(10)2)15-9-7(12)3-6(11)8(13)16-9/h3-5H,1-2H3,(H3,13,15,16). The largest absolute Gasteiger partial charge is 0.381 e. The first-order chi connectivity index (χ1) is 8.49. The van der Waals surface area contributed by atoms with Gasteiger partial charge >= 0.3 is 0 Å². The molecule has 0 aromatic carbocycles. The van der Waals surface area contributed by atoms with E-state index in [4.69, 9.17) is 5.73 Å². The number of nitrogens with two attached hydrogens (primary N) is 1. The van der Waals surface area contributed by atoms with Gasteiger partial charge < -0.3 is 15.6 Å². The quantitative estimate of drug-likeness (QED) is 0.861. The van der Waals surface area contributed by atoms with E-state index in [1.165, 1.54) is 6.33 Å². The molecule has 96 valence electrons. The van der Waals surface area contributed by atoms with Gasteiger partial charge in [-0.1, -0.05) is 0 Å². The lowest BCUT2D eigenvalue weighted by molar-refractivity contribution is 0.576. The van der Waals surface area contributed by atoms with Crippen molar-refractivity contribution in [2.45, 2.75) is 13.0 Å². The summed E-state index contributed by atoms with van der Waals surface area (Å²) in [5.74, 6) is -1.58. The molecule has 0 bridgehead atoms. The van der Waals surface area contributed by atoms with E-state index in [0.717, 1.165) is 0 Å². The Morgan fingerprint density at radius 2 is 2.11 bits per heavy atom. The maximum atomic E-state index is 13.5. The van der Waals surface area contributed by atoms with Crippen molar-refractivity contribution in [3.05, 3.63) is 29.9 Å². The molecule has 2 aromatic rings. The van der Waals surface area contributed by atoms with Crippen LogP contribution >= 0.6 is 0 Å². The predicted octanol–water partition coefficient (Wildman–Crippen LogP) is 1.24. The van der Waals surface area contributed by atoms with Crippen LogP contribution in [0.25, 0.3) is 0 Å². The fraction of sp³-hybridized carbons (Fsp3) is 0.300. The lowest BCUT2D eigenvalue weighted by Gasteiger charge is -2.14. The summed E-state index contributed by atoms with van der Waals surface area (Å²) in [6.07, 6.45) is 1.52. The molecule has 0 aliphatic carbocycles. The van der Waals surface area contributed by atoms with E-state index in [-0.39, 0.29) is 17.7 Å². The first-order valence-electron chi connectivity index (χ1n) is 5.21. The average Bonchev–Trinajstić information content (AvgIpc) is 2.72. The van der Waals surface area contributed by atoms with Crippen LogP contribution < -0.4 is 11.1 Å². The Hall–Kier alpha value is -2.25. The minimum absolute atomic E-state index is 0.121. The van der Waals surface area contributed by atoms with Gasteiger partial charge in [0.05, 0.1) is 6.04 Å². The van der Waals surface area contributed by atoms with Crippen molar-refractivity contribution in [2.75, 3.05) is 11.1 Å². The number of pyridine rings is 1. The summed E-state index contributed by atoms with van der Waals surface area (Å²) in [6, 6.07) is 0.345. The zero-order valence-corrected chi connectivity index (χ0v) is 9.85. The van der Waals surface area contributed by atoms with Gasteiger partial charge in [-0.15, -0.1) is 10.2 Å². The molecule has 0 aliphatic heterocycles. The van der Waals surface area contributed by atoms with E-state index in [1.54, 1.807) is 18.5 Å². The Morgan fingerprint density at radius 1 is 1.39 bits per heavy atom. The lowest BCUT2D eigenvalue weighted by Crippen LogP contribution is -2.14. The minimum atomic E-state index is -0.885. The van der Waals surface area contributed by atoms with Crippen LogP contribution in [-0.4, -0.2) is 19.7 Å². The highest BCUT2D eigenvalue weighted by molar-refractivity contribution is 5.45. The second-order valence-electron chi connectivity index (χ2n) is 3.85. The van der Waals surface area contributed by atoms with Crippen molar-refractivity contribution in [1.29, 1.82) is 0 Å². The van der Waals surface area contributed by atoms with Crippen LogP contribution in [-0.2, 0) is 7.05 Å². The van der Waals surface area contributed by atoms with Crippen molar-refractivity contribution in [2.24, 2.45) is 7.05 Å². The zero-order valence-electron chi connectivity index (χ0n) is 9.85. The third-order valence-corrected chi connectivity index (χ3v) is 2.44. The zero-order chi connectivity index (χ0) is 13.3. The number of nitrogens with zero attached hydrogens (tertiary/aromatic N) is 4. The molecule has 18 heavy (non-hydrogen) atoms. The molecule has 6 nitrogen and oxygen atoms in total. The molecule has 3 N–H and O–H groups in total. The van der Waals surface area contributed by atoms with Crippen LogP contribution in [0.5, 0.6) is 0 Å². The number of aryl methyl sites for hydroxylation is 1. The molecule has 1 unspecified atom stereocenters. The van der Waals surface area contributed by atoms with Gasteiger partial charge in [0.25, 0.3) is 0 Å². The van der Waals surface area contributed by atoms with Crippen LogP contribution in [0.2, 0.25) is 0 Å². The van der Waals surface area contributed by atoms with Gasteiger partial charge in [0.1, 0.15) is 6.33 Å². The van der Waals surface area contributed by atoms with Crippen molar-refractivity contribution < 1.29 is 8.78 Å². The van der Waals surface area contributed by atoms with E-state index in [9.17, 15) is 8.78 Å². The van der Waals surface area contributed by atoms with E-state index in [0.29, 0.717) is 11.9 Å². The number of hydrogen-bond acceptors (Lipinski definition) is 5. The molecule has 2 heterocycles. The van der Waals surface area contributed by atoms with Gasteiger partial charge in [-0.2, -0.15) is 0 Å². The molecule has 0 fully saturated rings. The SMILES string of the molecule is CC(Nc1nc(N)c(F)cc1F)c1nncn1C. The van der Waals surface area contributed by atoms with E-state index in [2.05, 4.69) is 20.5 Å². The fourth-order valence-electron chi connectivity index (χ4n) is 1.54. The number of nitrogen functional groups attached to an aromatic ring is 1. The fourth-order valence-corrected chi connectivity index (χ4v) is 1.54.